The molecule has 0 unspecified atom stereocenters. The highest BCUT2D eigenvalue weighted by molar-refractivity contribution is 7.92. The SMILES string of the molecule is COc1ccc([C@@H](C)NC(=O)c2ccc(C)c(S(=O)(=O)Nc3cc(C)ccc3C)c2)cc1OC. The second-order valence-electron chi connectivity index (χ2n) is 8.21. The predicted octanol–water partition coefficient (Wildman–Crippen LogP) is 4.92. The van der Waals surface area contributed by atoms with E-state index in [0.29, 0.717) is 22.7 Å². The summed E-state index contributed by atoms with van der Waals surface area (Å²) in [6, 6.07) is 15.3. The highest BCUT2D eigenvalue weighted by Crippen LogP contribution is 2.30. The van der Waals surface area contributed by atoms with E-state index >= 15 is 0 Å². The molecule has 0 spiro atoms. The monoisotopic (exact) mass is 482 g/mol. The molecule has 34 heavy (non-hydrogen) atoms. The maximum Gasteiger partial charge on any atom is 0.262 e. The number of methoxy groups -OCH3 is 2. The van der Waals surface area contributed by atoms with Gasteiger partial charge in [-0.25, -0.2) is 8.42 Å². The van der Waals surface area contributed by atoms with Crippen molar-refractivity contribution in [3.05, 3.63) is 82.4 Å². The average Bonchev–Trinajstić information content (AvgIpc) is 2.80. The number of benzene rings is 3. The number of carbonyl (C=O) groups excluding carboxylic acids is 1. The number of amides is 1. The van der Waals surface area contributed by atoms with Gasteiger partial charge < -0.3 is 14.8 Å². The molecule has 0 heterocycles. The molecule has 1 atom stereocenters. The molecular formula is C26H30N2O5S. The highest BCUT2D eigenvalue weighted by atomic mass is 32.2. The Balaban J connectivity index is 1.85. The molecular weight excluding hydrogens is 452 g/mol. The molecule has 0 aliphatic carbocycles. The van der Waals surface area contributed by atoms with Crippen LogP contribution < -0.4 is 19.5 Å². The van der Waals surface area contributed by atoms with Gasteiger partial charge in [0.15, 0.2) is 11.5 Å². The third kappa shape index (κ3) is 5.51. The van der Waals surface area contributed by atoms with Gasteiger partial charge in [-0.15, -0.1) is 0 Å². The first-order valence-corrected chi connectivity index (χ1v) is 12.3. The lowest BCUT2D eigenvalue weighted by Gasteiger charge is -2.17. The van der Waals surface area contributed by atoms with Crippen LogP contribution >= 0.6 is 0 Å². The molecule has 3 aromatic carbocycles. The Morgan fingerprint density at radius 1 is 0.853 bits per heavy atom. The lowest BCUT2D eigenvalue weighted by molar-refractivity contribution is 0.0939. The topological polar surface area (TPSA) is 93.7 Å². The van der Waals surface area contributed by atoms with E-state index in [9.17, 15) is 13.2 Å². The van der Waals surface area contributed by atoms with Crippen molar-refractivity contribution in [3.8, 4) is 11.5 Å². The van der Waals surface area contributed by atoms with Gasteiger partial charge >= 0.3 is 0 Å². The molecule has 0 saturated heterocycles. The van der Waals surface area contributed by atoms with Crippen LogP contribution in [0.15, 0.2) is 59.5 Å². The van der Waals surface area contributed by atoms with Crippen molar-refractivity contribution in [1.29, 1.82) is 0 Å². The van der Waals surface area contributed by atoms with Crippen LogP contribution in [0.2, 0.25) is 0 Å². The fourth-order valence-electron chi connectivity index (χ4n) is 3.56. The standard InChI is InChI=1S/C26H30N2O5S/c1-16-7-8-17(2)22(13-16)28-34(30,31)25-15-21(10-9-18(25)3)26(29)27-19(4)20-11-12-23(32-5)24(14-20)33-6/h7-15,19,28H,1-6H3,(H,27,29)/t19-/m1/s1. The summed E-state index contributed by atoms with van der Waals surface area (Å²) in [4.78, 5) is 13.0. The number of carbonyl (C=O) groups is 1. The van der Waals surface area contributed by atoms with Gasteiger partial charge in [0.2, 0.25) is 0 Å². The second-order valence-corrected chi connectivity index (χ2v) is 9.86. The van der Waals surface area contributed by atoms with Gasteiger partial charge in [-0.1, -0.05) is 24.3 Å². The van der Waals surface area contributed by atoms with Crippen LogP contribution in [-0.4, -0.2) is 28.5 Å². The molecule has 0 aliphatic heterocycles. The minimum atomic E-state index is -3.90. The Hall–Kier alpha value is -3.52. The van der Waals surface area contributed by atoms with Crippen molar-refractivity contribution in [2.75, 3.05) is 18.9 Å². The van der Waals surface area contributed by atoms with Crippen molar-refractivity contribution in [3.63, 3.8) is 0 Å². The summed E-state index contributed by atoms with van der Waals surface area (Å²) < 4.78 is 39.6. The molecule has 0 bridgehead atoms. The van der Waals surface area contributed by atoms with E-state index in [1.165, 1.54) is 6.07 Å². The summed E-state index contributed by atoms with van der Waals surface area (Å²) in [7, 11) is -0.794. The lowest BCUT2D eigenvalue weighted by atomic mass is 10.1. The van der Waals surface area contributed by atoms with E-state index in [0.717, 1.165) is 16.7 Å². The summed E-state index contributed by atoms with van der Waals surface area (Å²) in [6.07, 6.45) is 0. The first-order valence-electron chi connectivity index (χ1n) is 10.8. The molecule has 0 fully saturated rings. The highest BCUT2D eigenvalue weighted by Gasteiger charge is 2.21. The number of hydrogen-bond donors (Lipinski definition) is 2. The van der Waals surface area contributed by atoms with Crippen molar-refractivity contribution in [1.82, 2.24) is 5.32 Å². The Morgan fingerprint density at radius 2 is 1.53 bits per heavy atom. The minimum Gasteiger partial charge on any atom is -0.493 e. The van der Waals surface area contributed by atoms with Crippen LogP contribution in [0.5, 0.6) is 11.5 Å². The first kappa shape index (κ1) is 25.1. The molecule has 3 aromatic rings. The van der Waals surface area contributed by atoms with E-state index in [1.54, 1.807) is 51.5 Å². The Bertz CT molecular complexity index is 1320. The molecule has 2 N–H and O–H groups in total. The normalized spacial score (nSPS) is 12.1. The molecule has 0 saturated carbocycles. The zero-order valence-electron chi connectivity index (χ0n) is 20.2. The van der Waals surface area contributed by atoms with Gasteiger partial charge in [0.05, 0.1) is 30.8 Å². The van der Waals surface area contributed by atoms with E-state index in [-0.39, 0.29) is 22.4 Å². The summed E-state index contributed by atoms with van der Waals surface area (Å²) >= 11 is 0. The summed E-state index contributed by atoms with van der Waals surface area (Å²) in [5, 5.41) is 2.92. The molecule has 3 rings (SSSR count). The first-order chi connectivity index (χ1) is 16.1. The summed E-state index contributed by atoms with van der Waals surface area (Å²) in [6.45, 7) is 7.27. The number of ether oxygens (including phenoxy) is 2. The van der Waals surface area contributed by atoms with Crippen molar-refractivity contribution >= 4 is 21.6 Å². The summed E-state index contributed by atoms with van der Waals surface area (Å²) in [5.41, 5.74) is 3.88. The molecule has 1 amide bonds. The van der Waals surface area contributed by atoms with Crippen LogP contribution in [0.25, 0.3) is 0 Å². The molecule has 0 radical (unpaired) electrons. The number of rotatable bonds is 8. The van der Waals surface area contributed by atoms with Crippen molar-refractivity contribution in [2.45, 2.75) is 38.6 Å². The van der Waals surface area contributed by atoms with Crippen LogP contribution in [0.3, 0.4) is 0 Å². The zero-order valence-corrected chi connectivity index (χ0v) is 21.0. The number of aryl methyl sites for hydroxylation is 3. The molecule has 8 heteroatoms. The molecule has 0 aromatic heterocycles. The summed E-state index contributed by atoms with van der Waals surface area (Å²) in [5.74, 6) is 0.766. The minimum absolute atomic E-state index is 0.0554. The van der Waals surface area contributed by atoms with E-state index < -0.39 is 10.0 Å². The van der Waals surface area contributed by atoms with Gasteiger partial charge in [0.1, 0.15) is 0 Å². The van der Waals surface area contributed by atoms with E-state index in [1.807, 2.05) is 39.0 Å². The van der Waals surface area contributed by atoms with Gasteiger partial charge in [0.25, 0.3) is 15.9 Å². The maximum absolute atomic E-state index is 13.2. The quantitative estimate of drug-likeness (QED) is 0.475. The Labute approximate surface area is 201 Å². The van der Waals surface area contributed by atoms with Crippen molar-refractivity contribution in [2.24, 2.45) is 0 Å². The Morgan fingerprint density at radius 3 is 2.21 bits per heavy atom. The molecule has 7 nitrogen and oxygen atoms in total. The smallest absolute Gasteiger partial charge is 0.262 e. The van der Waals surface area contributed by atoms with Gasteiger partial charge in [-0.05, 0) is 80.3 Å². The van der Waals surface area contributed by atoms with E-state index in [4.69, 9.17) is 9.47 Å². The largest absolute Gasteiger partial charge is 0.493 e. The van der Waals surface area contributed by atoms with Crippen molar-refractivity contribution < 1.29 is 22.7 Å². The van der Waals surface area contributed by atoms with Crippen LogP contribution in [0.1, 0.15) is 45.6 Å². The Kier molecular flexibility index (Phi) is 7.51. The molecule has 0 aliphatic rings. The maximum atomic E-state index is 13.2. The number of nitrogens with one attached hydrogen (secondary N) is 2. The van der Waals surface area contributed by atoms with Crippen LogP contribution in [0, 0.1) is 20.8 Å². The van der Waals surface area contributed by atoms with Crippen LogP contribution in [-0.2, 0) is 10.0 Å². The van der Waals surface area contributed by atoms with Gasteiger partial charge in [0, 0.05) is 5.56 Å². The second kappa shape index (κ2) is 10.2. The van der Waals surface area contributed by atoms with Gasteiger partial charge in [-0.3, -0.25) is 9.52 Å². The third-order valence-electron chi connectivity index (χ3n) is 5.63. The third-order valence-corrected chi connectivity index (χ3v) is 7.14. The average molecular weight is 483 g/mol. The number of sulfonamides is 1. The zero-order chi connectivity index (χ0) is 25.0. The fraction of sp³-hybridized carbons (Fsp3) is 0.269. The van der Waals surface area contributed by atoms with E-state index in [2.05, 4.69) is 10.0 Å². The fourth-order valence-corrected chi connectivity index (χ4v) is 4.96. The molecule has 180 valence electrons. The van der Waals surface area contributed by atoms with Gasteiger partial charge in [-0.2, -0.15) is 0 Å². The predicted molar refractivity (Wildman–Crippen MR) is 133 cm³/mol. The van der Waals surface area contributed by atoms with Crippen LogP contribution in [0.4, 0.5) is 5.69 Å². The number of anilines is 1. The lowest BCUT2D eigenvalue weighted by Crippen LogP contribution is -2.27. The number of hydrogen-bond acceptors (Lipinski definition) is 5.